The maximum absolute atomic E-state index is 13.3. The number of hydrogen-bond acceptors (Lipinski definition) is 7. The van der Waals surface area contributed by atoms with Gasteiger partial charge in [0.05, 0.1) is 18.9 Å². The zero-order valence-corrected chi connectivity index (χ0v) is 12.3. The number of aromatic amines is 1. The predicted octanol–water partition coefficient (Wildman–Crippen LogP) is -2.21. The van der Waals surface area contributed by atoms with E-state index in [1.165, 1.54) is 0 Å². The molecule has 1 saturated heterocycles. The molecule has 0 saturated carbocycles. The highest BCUT2D eigenvalue weighted by atomic mass is 31.2. The average Bonchev–Trinajstić information content (AvgIpc) is 2.81. The van der Waals surface area contributed by atoms with Gasteiger partial charge in [-0.15, -0.1) is 0 Å². The van der Waals surface area contributed by atoms with E-state index in [0.29, 0.717) is 10.8 Å². The summed E-state index contributed by atoms with van der Waals surface area (Å²) in [5.74, 6) is -1.25. The second kappa shape index (κ2) is 6.61. The Morgan fingerprint density at radius 2 is 2.17 bits per heavy atom. The Kier molecular flexibility index (Phi) is 5.16. The summed E-state index contributed by atoms with van der Waals surface area (Å²) in [4.78, 5) is 41.8. The molecular weight excluding hydrogens is 342 g/mol. The second-order valence-corrected chi connectivity index (χ2v) is 6.01. The van der Waals surface area contributed by atoms with Gasteiger partial charge in [-0.1, -0.05) is 0 Å². The number of ether oxygens (including phenoxy) is 1. The van der Waals surface area contributed by atoms with Crippen LogP contribution in [-0.2, 0) is 13.8 Å². The van der Waals surface area contributed by atoms with Crippen LogP contribution in [0.15, 0.2) is 15.8 Å². The lowest BCUT2D eigenvalue weighted by molar-refractivity contribution is -0.0937. The Bertz CT molecular complexity index is 728. The van der Waals surface area contributed by atoms with Gasteiger partial charge in [-0.05, 0) is 0 Å². The molecular formula is C10H14FN2O9P. The Morgan fingerprint density at radius 3 is 2.74 bits per heavy atom. The molecule has 1 aromatic rings. The minimum Gasteiger partial charge on any atom is -0.394 e. The molecule has 5 N–H and O–H groups in total. The Hall–Kier alpha value is -1.40. The minimum atomic E-state index is -4.96. The fourth-order valence-electron chi connectivity index (χ4n) is 2.23. The number of H-pyrrole nitrogens is 1. The van der Waals surface area contributed by atoms with Gasteiger partial charge in [-0.25, -0.2) is 9.36 Å². The molecule has 2 heterocycles. The van der Waals surface area contributed by atoms with Crippen molar-refractivity contribution in [1.82, 2.24) is 9.55 Å². The summed E-state index contributed by atoms with van der Waals surface area (Å²) in [5.41, 5.74) is -2.22. The number of halogens is 1. The lowest BCUT2D eigenvalue weighted by atomic mass is 10.1. The first-order valence-corrected chi connectivity index (χ1v) is 7.84. The number of hydrogen-bond donors (Lipinski definition) is 5. The van der Waals surface area contributed by atoms with Crippen LogP contribution in [0.5, 0.6) is 0 Å². The molecule has 0 amide bonds. The van der Waals surface area contributed by atoms with Crippen LogP contribution in [-0.4, -0.2) is 54.5 Å². The van der Waals surface area contributed by atoms with Crippen LogP contribution in [0.3, 0.4) is 0 Å². The molecule has 0 spiro atoms. The first kappa shape index (κ1) is 17.9. The normalized spacial score (nSPS) is 26.4. The maximum atomic E-state index is 13.3. The largest absolute Gasteiger partial charge is 0.470 e. The van der Waals surface area contributed by atoms with Gasteiger partial charge in [-0.3, -0.25) is 18.9 Å². The van der Waals surface area contributed by atoms with E-state index in [2.05, 4.69) is 4.52 Å². The van der Waals surface area contributed by atoms with E-state index in [1.54, 1.807) is 4.98 Å². The number of phosphoric ester groups is 1. The standard InChI is InChI=1S/C10H14FN2O9P/c11-4-2-13(10(17)12-9(4)16)7-1-5(15)8(21-7)6(3-14)22-23(18,19)20/h2,5-8,14-15H,1,3H2,(H,12,16,17)(H2,18,19,20)/t5-,6-,7+,8-/m0/s1. The lowest BCUT2D eigenvalue weighted by Gasteiger charge is -2.24. The Morgan fingerprint density at radius 1 is 1.52 bits per heavy atom. The lowest BCUT2D eigenvalue weighted by Crippen LogP contribution is -2.39. The van der Waals surface area contributed by atoms with Gasteiger partial charge in [0.25, 0.3) is 5.56 Å². The predicted molar refractivity (Wildman–Crippen MR) is 69.8 cm³/mol. The van der Waals surface area contributed by atoms with E-state index in [9.17, 15) is 23.7 Å². The summed E-state index contributed by atoms with van der Waals surface area (Å²) in [6.45, 7) is -0.881. The summed E-state index contributed by atoms with van der Waals surface area (Å²) in [6, 6.07) is 0. The highest BCUT2D eigenvalue weighted by Crippen LogP contribution is 2.41. The van der Waals surface area contributed by atoms with Gasteiger partial charge in [0.1, 0.15) is 18.4 Å². The number of rotatable bonds is 5. The van der Waals surface area contributed by atoms with Crippen molar-refractivity contribution in [2.24, 2.45) is 0 Å². The summed E-state index contributed by atoms with van der Waals surface area (Å²) in [7, 11) is -4.96. The number of nitrogens with zero attached hydrogens (tertiary/aromatic N) is 1. The fraction of sp³-hybridized carbons (Fsp3) is 0.600. The molecule has 0 aromatic carbocycles. The van der Waals surface area contributed by atoms with Crippen molar-refractivity contribution in [3.63, 3.8) is 0 Å². The van der Waals surface area contributed by atoms with Crippen LogP contribution in [0.25, 0.3) is 0 Å². The van der Waals surface area contributed by atoms with Crippen LogP contribution < -0.4 is 11.2 Å². The smallest absolute Gasteiger partial charge is 0.394 e. The molecule has 0 unspecified atom stereocenters. The van der Waals surface area contributed by atoms with E-state index in [0.717, 1.165) is 0 Å². The number of aromatic nitrogens is 2. The second-order valence-electron chi connectivity index (χ2n) is 4.82. The molecule has 1 aliphatic heterocycles. The van der Waals surface area contributed by atoms with Crippen LogP contribution in [0, 0.1) is 5.82 Å². The highest BCUT2D eigenvalue weighted by Gasteiger charge is 2.43. The van der Waals surface area contributed by atoms with Gasteiger partial charge < -0.3 is 24.7 Å². The molecule has 0 radical (unpaired) electrons. The average molecular weight is 356 g/mol. The summed E-state index contributed by atoms with van der Waals surface area (Å²) in [5, 5.41) is 19.0. The third-order valence-corrected chi connectivity index (χ3v) is 3.74. The Balaban J connectivity index is 2.24. The van der Waals surface area contributed by atoms with Crippen molar-refractivity contribution in [2.45, 2.75) is 31.0 Å². The van der Waals surface area contributed by atoms with Crippen LogP contribution >= 0.6 is 7.82 Å². The Labute approximate surface area is 127 Å². The first-order valence-electron chi connectivity index (χ1n) is 6.31. The van der Waals surface area contributed by atoms with Crippen LogP contribution in [0.2, 0.25) is 0 Å². The van der Waals surface area contributed by atoms with Crippen LogP contribution in [0.4, 0.5) is 4.39 Å². The zero-order chi connectivity index (χ0) is 17.4. The molecule has 0 bridgehead atoms. The van der Waals surface area contributed by atoms with Crippen molar-refractivity contribution in [3.05, 3.63) is 32.9 Å². The van der Waals surface area contributed by atoms with E-state index in [-0.39, 0.29) is 6.42 Å². The van der Waals surface area contributed by atoms with Gasteiger partial charge in [0, 0.05) is 6.42 Å². The fourth-order valence-corrected chi connectivity index (χ4v) is 2.77. The van der Waals surface area contributed by atoms with Gasteiger partial charge in [0.15, 0.2) is 0 Å². The van der Waals surface area contributed by atoms with Gasteiger partial charge in [-0.2, -0.15) is 4.39 Å². The molecule has 23 heavy (non-hydrogen) atoms. The molecule has 4 atom stereocenters. The van der Waals surface area contributed by atoms with Crippen molar-refractivity contribution < 1.29 is 38.2 Å². The van der Waals surface area contributed by atoms with Gasteiger partial charge >= 0.3 is 13.5 Å². The number of phosphoric acid groups is 1. The summed E-state index contributed by atoms with van der Waals surface area (Å²) >= 11 is 0. The molecule has 0 aliphatic carbocycles. The van der Waals surface area contributed by atoms with Crippen molar-refractivity contribution >= 4 is 7.82 Å². The first-order chi connectivity index (χ1) is 10.6. The van der Waals surface area contributed by atoms with E-state index >= 15 is 0 Å². The van der Waals surface area contributed by atoms with Gasteiger partial charge in [0.2, 0.25) is 5.82 Å². The number of aliphatic hydroxyl groups is 2. The monoisotopic (exact) mass is 356 g/mol. The molecule has 2 rings (SSSR count). The maximum Gasteiger partial charge on any atom is 0.470 e. The third-order valence-electron chi connectivity index (χ3n) is 3.19. The van der Waals surface area contributed by atoms with Crippen molar-refractivity contribution in [1.29, 1.82) is 0 Å². The van der Waals surface area contributed by atoms with E-state index < -0.39 is 56.0 Å². The zero-order valence-electron chi connectivity index (χ0n) is 11.4. The van der Waals surface area contributed by atoms with E-state index in [4.69, 9.17) is 19.6 Å². The molecule has 130 valence electrons. The molecule has 1 fully saturated rings. The number of nitrogens with one attached hydrogen (secondary N) is 1. The summed E-state index contributed by atoms with van der Waals surface area (Å²) < 4.78 is 34.3. The SMILES string of the molecule is O=c1[nH]c(=O)n([C@H]2C[C@H](O)[C@@H]([C@H](CO)OP(=O)(O)O)O2)cc1F. The topological polar surface area (TPSA) is 171 Å². The van der Waals surface area contributed by atoms with Crippen molar-refractivity contribution in [3.8, 4) is 0 Å². The summed E-state index contributed by atoms with van der Waals surface area (Å²) in [6.07, 6.45) is -5.19. The molecule has 11 nitrogen and oxygen atoms in total. The molecule has 1 aliphatic rings. The quantitative estimate of drug-likeness (QED) is 0.367. The minimum absolute atomic E-state index is 0.253. The highest BCUT2D eigenvalue weighted by molar-refractivity contribution is 7.46. The van der Waals surface area contributed by atoms with Crippen molar-refractivity contribution in [2.75, 3.05) is 6.61 Å². The van der Waals surface area contributed by atoms with Crippen LogP contribution in [0.1, 0.15) is 12.6 Å². The molecule has 13 heteroatoms. The molecule has 1 aromatic heterocycles. The number of aliphatic hydroxyl groups excluding tert-OH is 2. The third kappa shape index (κ3) is 4.12. The van der Waals surface area contributed by atoms with E-state index in [1.807, 2.05) is 0 Å².